The van der Waals surface area contributed by atoms with E-state index in [0.717, 1.165) is 38.5 Å². The molecular weight excluding hydrogens is 792 g/mol. The number of rotatable bonds is 49. The van der Waals surface area contributed by atoms with Crippen LogP contribution < -0.4 is 5.32 Å². The molecule has 8 nitrogen and oxygen atoms in total. The fourth-order valence-electron chi connectivity index (χ4n) is 7.92. The number of hydrogen-bond acceptors (Lipinski definition) is 5. The number of carbonyl (C=O) groups is 1. The molecule has 0 aliphatic carbocycles. The number of aliphatic hydroxyl groups excluding tert-OH is 1. The molecule has 0 radical (unpaired) electrons. The molecule has 0 aliphatic heterocycles. The lowest BCUT2D eigenvalue weighted by Crippen LogP contribution is -2.45. The minimum atomic E-state index is -4.34. The topological polar surface area (TPSA) is 105 Å². The van der Waals surface area contributed by atoms with Gasteiger partial charge < -0.3 is 19.8 Å². The van der Waals surface area contributed by atoms with Crippen LogP contribution in [-0.4, -0.2) is 73.4 Å². The van der Waals surface area contributed by atoms with Crippen molar-refractivity contribution in [2.24, 2.45) is 0 Å². The van der Waals surface area contributed by atoms with Gasteiger partial charge in [0.25, 0.3) is 0 Å². The largest absolute Gasteiger partial charge is 0.472 e. The van der Waals surface area contributed by atoms with E-state index in [2.05, 4.69) is 31.3 Å². The van der Waals surface area contributed by atoms with Crippen molar-refractivity contribution < 1.29 is 32.9 Å². The number of phosphoric ester groups is 1. The van der Waals surface area contributed by atoms with Gasteiger partial charge in [0.15, 0.2) is 0 Å². The predicted octanol–water partition coefficient (Wildman–Crippen LogP) is 15.6. The molecule has 3 atom stereocenters. The average Bonchev–Trinajstić information content (AvgIpc) is 3.23. The number of unbranched alkanes of at least 4 members (excludes halogenated alkanes) is 34. The van der Waals surface area contributed by atoms with Gasteiger partial charge in [0.05, 0.1) is 39.9 Å². The Kier molecular flexibility index (Phi) is 44.4. The number of quaternary nitrogens is 1. The van der Waals surface area contributed by atoms with E-state index in [1.165, 1.54) is 199 Å². The van der Waals surface area contributed by atoms with Crippen molar-refractivity contribution >= 4 is 13.7 Å². The van der Waals surface area contributed by atoms with Crippen LogP contribution in [0.25, 0.3) is 0 Å². The maximum absolute atomic E-state index is 12.9. The Morgan fingerprint density at radius 1 is 0.532 bits per heavy atom. The number of nitrogens with zero attached hydrogens (tertiary/aromatic N) is 1. The molecule has 9 heteroatoms. The van der Waals surface area contributed by atoms with E-state index in [0.29, 0.717) is 17.4 Å². The van der Waals surface area contributed by atoms with E-state index in [1.54, 1.807) is 6.08 Å². The number of allylic oxidation sites excluding steroid dienone is 3. The summed E-state index contributed by atoms with van der Waals surface area (Å²) in [6.07, 6.45) is 55.4. The molecule has 3 N–H and O–H groups in total. The van der Waals surface area contributed by atoms with Gasteiger partial charge in [-0.25, -0.2) is 4.57 Å². The number of likely N-dealkylation sites (N-methyl/N-ethyl adjacent to an activating group) is 1. The number of phosphoric acid groups is 1. The van der Waals surface area contributed by atoms with Crippen LogP contribution in [0.1, 0.15) is 258 Å². The molecule has 0 fully saturated rings. The van der Waals surface area contributed by atoms with Gasteiger partial charge in [0.1, 0.15) is 13.2 Å². The van der Waals surface area contributed by atoms with Crippen LogP contribution in [0.4, 0.5) is 0 Å². The van der Waals surface area contributed by atoms with Gasteiger partial charge >= 0.3 is 7.82 Å². The SMILES string of the molecule is CCCCCCCC/C=C/CCCCCCCCCCCCCCCC(=O)N[C@@H](COP(=O)(O)OCC[N+](C)(C)C)[C@H](O)/C=C/CCCCCCCCCCCCCCCCC. The first-order chi connectivity index (χ1) is 30.0. The van der Waals surface area contributed by atoms with Crippen molar-refractivity contribution in [2.75, 3.05) is 40.9 Å². The van der Waals surface area contributed by atoms with Crippen molar-refractivity contribution in [3.05, 3.63) is 24.3 Å². The fourth-order valence-corrected chi connectivity index (χ4v) is 8.66. The van der Waals surface area contributed by atoms with Gasteiger partial charge in [-0.2, -0.15) is 0 Å². The first kappa shape index (κ1) is 61.0. The van der Waals surface area contributed by atoms with Gasteiger partial charge in [0, 0.05) is 6.42 Å². The molecular formula is C53H106N2O6P+. The molecule has 0 saturated carbocycles. The first-order valence-corrected chi connectivity index (χ1v) is 28.2. The van der Waals surface area contributed by atoms with Gasteiger partial charge in [-0.15, -0.1) is 0 Å². The lowest BCUT2D eigenvalue weighted by molar-refractivity contribution is -0.870. The van der Waals surface area contributed by atoms with Gasteiger partial charge in [-0.3, -0.25) is 13.8 Å². The summed E-state index contributed by atoms with van der Waals surface area (Å²) in [5.41, 5.74) is 0. The Balaban J connectivity index is 4.24. The molecule has 0 aromatic rings. The summed E-state index contributed by atoms with van der Waals surface area (Å²) in [6.45, 7) is 4.84. The minimum absolute atomic E-state index is 0.0634. The molecule has 1 amide bonds. The Labute approximate surface area is 385 Å². The third-order valence-corrected chi connectivity index (χ3v) is 13.1. The Morgan fingerprint density at radius 3 is 1.24 bits per heavy atom. The van der Waals surface area contributed by atoms with E-state index in [1.807, 2.05) is 27.2 Å². The summed E-state index contributed by atoms with van der Waals surface area (Å²) in [5, 5.41) is 13.9. The monoisotopic (exact) mass is 898 g/mol. The van der Waals surface area contributed by atoms with Crippen molar-refractivity contribution in [2.45, 2.75) is 270 Å². The highest BCUT2D eigenvalue weighted by atomic mass is 31.2. The van der Waals surface area contributed by atoms with Crippen molar-refractivity contribution in [1.29, 1.82) is 0 Å². The molecule has 368 valence electrons. The van der Waals surface area contributed by atoms with Crippen LogP contribution in [0, 0.1) is 0 Å². The molecule has 0 saturated heterocycles. The van der Waals surface area contributed by atoms with Crippen LogP contribution in [0.2, 0.25) is 0 Å². The third kappa shape index (κ3) is 47.0. The van der Waals surface area contributed by atoms with Crippen molar-refractivity contribution in [3.63, 3.8) is 0 Å². The maximum Gasteiger partial charge on any atom is 0.472 e. The van der Waals surface area contributed by atoms with Crippen LogP contribution in [0.5, 0.6) is 0 Å². The summed E-state index contributed by atoms with van der Waals surface area (Å²) in [4.78, 5) is 23.2. The Hall–Kier alpha value is -1.02. The van der Waals surface area contributed by atoms with E-state index in [-0.39, 0.29) is 19.1 Å². The maximum atomic E-state index is 12.9. The van der Waals surface area contributed by atoms with Crippen molar-refractivity contribution in [1.82, 2.24) is 5.32 Å². The van der Waals surface area contributed by atoms with E-state index in [9.17, 15) is 19.4 Å². The molecule has 0 spiro atoms. The van der Waals surface area contributed by atoms with Gasteiger partial charge in [-0.05, 0) is 44.9 Å². The predicted molar refractivity (Wildman–Crippen MR) is 268 cm³/mol. The summed E-state index contributed by atoms with van der Waals surface area (Å²) in [7, 11) is 1.58. The highest BCUT2D eigenvalue weighted by molar-refractivity contribution is 7.47. The molecule has 62 heavy (non-hydrogen) atoms. The lowest BCUT2D eigenvalue weighted by Gasteiger charge is -2.25. The van der Waals surface area contributed by atoms with E-state index >= 15 is 0 Å². The van der Waals surface area contributed by atoms with Crippen LogP contribution in [0.3, 0.4) is 0 Å². The Bertz CT molecular complexity index is 1060. The summed E-state index contributed by atoms with van der Waals surface area (Å²) in [6, 6.07) is -0.844. The smallest absolute Gasteiger partial charge is 0.387 e. The number of amides is 1. The number of aliphatic hydroxyl groups is 1. The highest BCUT2D eigenvalue weighted by Crippen LogP contribution is 2.43. The zero-order chi connectivity index (χ0) is 45.7. The second-order valence-corrected chi connectivity index (χ2v) is 21.1. The molecule has 0 aliphatic rings. The highest BCUT2D eigenvalue weighted by Gasteiger charge is 2.27. The second kappa shape index (κ2) is 45.1. The van der Waals surface area contributed by atoms with E-state index < -0.39 is 20.0 Å². The third-order valence-electron chi connectivity index (χ3n) is 12.2. The van der Waals surface area contributed by atoms with Gasteiger partial charge in [0.2, 0.25) is 5.91 Å². The number of carbonyl (C=O) groups excluding carboxylic acids is 1. The summed E-state index contributed by atoms with van der Waals surface area (Å²) >= 11 is 0. The number of hydrogen-bond donors (Lipinski definition) is 3. The fraction of sp³-hybridized carbons (Fsp3) is 0.906. The Morgan fingerprint density at radius 2 is 0.871 bits per heavy atom. The molecule has 0 heterocycles. The molecule has 0 aromatic carbocycles. The second-order valence-electron chi connectivity index (χ2n) is 19.6. The molecule has 0 rings (SSSR count). The normalized spacial score (nSPS) is 14.2. The molecule has 0 aromatic heterocycles. The standard InChI is InChI=1S/C53H105N2O6P/c1-6-8-10-12-14-16-18-20-22-24-25-26-27-28-29-31-33-35-37-39-41-43-45-47-53(57)54-51(50-61-62(58,59)60-49-48-55(3,4)5)52(56)46-44-42-40-38-36-34-32-30-23-21-19-17-15-13-11-9-7-2/h20,22,44,46,51-52,56H,6-19,21,23-43,45,47-50H2,1-5H3,(H-,54,57,58,59)/p+1/b22-20+,46-44+/t51-,52+/m0/s1. The number of nitrogens with one attached hydrogen (secondary N) is 1. The van der Waals surface area contributed by atoms with Crippen LogP contribution >= 0.6 is 7.82 Å². The first-order valence-electron chi connectivity index (χ1n) is 26.7. The lowest BCUT2D eigenvalue weighted by atomic mass is 10.0. The zero-order valence-corrected chi connectivity index (χ0v) is 42.8. The van der Waals surface area contributed by atoms with Crippen LogP contribution in [-0.2, 0) is 18.4 Å². The van der Waals surface area contributed by atoms with Crippen molar-refractivity contribution in [3.8, 4) is 0 Å². The zero-order valence-electron chi connectivity index (χ0n) is 41.9. The summed E-state index contributed by atoms with van der Waals surface area (Å²) < 4.78 is 23.7. The quantitative estimate of drug-likeness (QED) is 0.0243. The average molecular weight is 898 g/mol. The molecule has 0 bridgehead atoms. The van der Waals surface area contributed by atoms with Crippen LogP contribution in [0.15, 0.2) is 24.3 Å². The van der Waals surface area contributed by atoms with Gasteiger partial charge in [-0.1, -0.05) is 231 Å². The van der Waals surface area contributed by atoms with E-state index in [4.69, 9.17) is 9.05 Å². The minimum Gasteiger partial charge on any atom is -0.387 e. The summed E-state index contributed by atoms with van der Waals surface area (Å²) in [5.74, 6) is -0.174. The molecule has 1 unspecified atom stereocenters.